The molecule has 8 nitrogen and oxygen atoms in total. The molecule has 0 saturated heterocycles. The van der Waals surface area contributed by atoms with E-state index in [9.17, 15) is 0 Å². The smallest absolute Gasteiger partial charge is 0.258 e. The lowest BCUT2D eigenvalue weighted by Crippen LogP contribution is -2.35. The van der Waals surface area contributed by atoms with Gasteiger partial charge in [-0.25, -0.2) is 4.98 Å². The van der Waals surface area contributed by atoms with Gasteiger partial charge in [0.15, 0.2) is 0 Å². The largest absolute Gasteiger partial charge is 0.357 e. The van der Waals surface area contributed by atoms with Crippen LogP contribution >= 0.6 is 0 Å². The van der Waals surface area contributed by atoms with Crippen molar-refractivity contribution in [2.24, 2.45) is 0 Å². The van der Waals surface area contributed by atoms with Crippen molar-refractivity contribution in [3.8, 4) is 5.95 Å². The van der Waals surface area contributed by atoms with E-state index in [0.717, 1.165) is 6.54 Å². The lowest BCUT2D eigenvalue weighted by atomic mass is 10.2. The van der Waals surface area contributed by atoms with Gasteiger partial charge in [0.1, 0.15) is 12.7 Å². The maximum Gasteiger partial charge on any atom is 0.258 e. The molecule has 0 bridgehead atoms. The Kier molecular flexibility index (Phi) is 3.94. The molecule has 2 aromatic rings. The molecule has 1 N–H and O–H groups in total. The standard InChI is InChI=1S/C13H20N8/c1-3-20(10-6-4-5-7-10)12-17-11(14-2)18-13(19-12)21-9-15-8-16-21/h8-10H,3-7H2,1-2H3,(H,14,17,18,19). The molecule has 1 aliphatic carbocycles. The predicted molar refractivity (Wildman–Crippen MR) is 79.6 cm³/mol. The first-order valence-corrected chi connectivity index (χ1v) is 7.37. The van der Waals surface area contributed by atoms with Gasteiger partial charge in [0.25, 0.3) is 5.95 Å². The third-order valence-electron chi connectivity index (χ3n) is 3.82. The molecule has 0 radical (unpaired) electrons. The van der Waals surface area contributed by atoms with Gasteiger partial charge in [0.05, 0.1) is 0 Å². The molecule has 8 heteroatoms. The summed E-state index contributed by atoms with van der Waals surface area (Å²) >= 11 is 0. The molecule has 0 aromatic carbocycles. The van der Waals surface area contributed by atoms with E-state index in [-0.39, 0.29) is 0 Å². The zero-order valence-corrected chi connectivity index (χ0v) is 12.4. The van der Waals surface area contributed by atoms with E-state index in [1.54, 1.807) is 18.1 Å². The van der Waals surface area contributed by atoms with E-state index in [2.05, 4.69) is 42.2 Å². The maximum atomic E-state index is 4.56. The molecule has 1 fully saturated rings. The zero-order chi connectivity index (χ0) is 14.7. The fourth-order valence-electron chi connectivity index (χ4n) is 2.79. The molecule has 0 atom stereocenters. The second-order valence-electron chi connectivity index (χ2n) is 5.07. The monoisotopic (exact) mass is 288 g/mol. The molecular formula is C13H20N8. The number of hydrogen-bond acceptors (Lipinski definition) is 7. The Morgan fingerprint density at radius 1 is 1.29 bits per heavy atom. The summed E-state index contributed by atoms with van der Waals surface area (Å²) < 4.78 is 1.55. The summed E-state index contributed by atoms with van der Waals surface area (Å²) in [5, 5.41) is 7.08. The SMILES string of the molecule is CCN(c1nc(NC)nc(-n2cncn2)n1)C1CCCC1. The first-order valence-electron chi connectivity index (χ1n) is 7.37. The molecule has 0 unspecified atom stereocenters. The van der Waals surface area contributed by atoms with Crippen LogP contribution in [0.25, 0.3) is 5.95 Å². The highest BCUT2D eigenvalue weighted by molar-refractivity contribution is 5.40. The van der Waals surface area contributed by atoms with E-state index < -0.39 is 0 Å². The van der Waals surface area contributed by atoms with Gasteiger partial charge in [-0.3, -0.25) is 0 Å². The fourth-order valence-corrected chi connectivity index (χ4v) is 2.79. The lowest BCUT2D eigenvalue weighted by molar-refractivity contribution is 0.601. The predicted octanol–water partition coefficient (Wildman–Crippen LogP) is 1.26. The summed E-state index contributed by atoms with van der Waals surface area (Å²) in [7, 11) is 1.80. The molecule has 0 aliphatic heterocycles. The van der Waals surface area contributed by atoms with Gasteiger partial charge < -0.3 is 10.2 Å². The van der Waals surface area contributed by atoms with Gasteiger partial charge >= 0.3 is 0 Å². The Morgan fingerprint density at radius 3 is 2.71 bits per heavy atom. The molecule has 112 valence electrons. The highest BCUT2D eigenvalue weighted by Crippen LogP contribution is 2.26. The second-order valence-corrected chi connectivity index (χ2v) is 5.07. The van der Waals surface area contributed by atoms with Gasteiger partial charge in [-0.2, -0.15) is 24.7 Å². The zero-order valence-electron chi connectivity index (χ0n) is 12.4. The molecule has 0 amide bonds. The number of hydrogen-bond donors (Lipinski definition) is 1. The van der Waals surface area contributed by atoms with Crippen molar-refractivity contribution in [1.82, 2.24) is 29.7 Å². The van der Waals surface area contributed by atoms with Crippen molar-refractivity contribution in [2.75, 3.05) is 23.8 Å². The van der Waals surface area contributed by atoms with Crippen molar-refractivity contribution in [2.45, 2.75) is 38.6 Å². The van der Waals surface area contributed by atoms with Gasteiger partial charge in [-0.1, -0.05) is 12.8 Å². The van der Waals surface area contributed by atoms with Gasteiger partial charge in [-0.05, 0) is 19.8 Å². The number of rotatable bonds is 5. The van der Waals surface area contributed by atoms with Crippen LogP contribution in [0.15, 0.2) is 12.7 Å². The van der Waals surface area contributed by atoms with E-state index in [0.29, 0.717) is 23.9 Å². The van der Waals surface area contributed by atoms with Crippen LogP contribution in [0, 0.1) is 0 Å². The summed E-state index contributed by atoms with van der Waals surface area (Å²) in [6.07, 6.45) is 8.02. The lowest BCUT2D eigenvalue weighted by Gasteiger charge is -2.27. The van der Waals surface area contributed by atoms with Gasteiger partial charge in [0.2, 0.25) is 11.9 Å². The topological polar surface area (TPSA) is 84.7 Å². The highest BCUT2D eigenvalue weighted by Gasteiger charge is 2.24. The molecule has 0 spiro atoms. The molecule has 1 aliphatic rings. The Bertz CT molecular complexity index is 576. The molecule has 1 saturated carbocycles. The Morgan fingerprint density at radius 2 is 2.10 bits per heavy atom. The third-order valence-corrected chi connectivity index (χ3v) is 3.82. The van der Waals surface area contributed by atoms with Gasteiger partial charge in [0, 0.05) is 19.6 Å². The van der Waals surface area contributed by atoms with Crippen LogP contribution in [0.2, 0.25) is 0 Å². The minimum absolute atomic E-state index is 0.485. The van der Waals surface area contributed by atoms with Crippen molar-refractivity contribution in [3.05, 3.63) is 12.7 Å². The van der Waals surface area contributed by atoms with Crippen molar-refractivity contribution in [1.29, 1.82) is 0 Å². The minimum atomic E-state index is 0.485. The molecule has 3 rings (SSSR count). The number of nitrogens with zero attached hydrogens (tertiary/aromatic N) is 7. The highest BCUT2D eigenvalue weighted by atomic mass is 15.4. The molecular weight excluding hydrogens is 268 g/mol. The summed E-state index contributed by atoms with van der Waals surface area (Å²) in [5.74, 6) is 1.73. The number of aromatic nitrogens is 6. The fraction of sp³-hybridized carbons (Fsp3) is 0.615. The van der Waals surface area contributed by atoms with Gasteiger partial charge in [-0.15, -0.1) is 0 Å². The Hall–Kier alpha value is -2.25. The molecule has 21 heavy (non-hydrogen) atoms. The second kappa shape index (κ2) is 6.02. The van der Waals surface area contributed by atoms with Crippen LogP contribution in [0.4, 0.5) is 11.9 Å². The average molecular weight is 288 g/mol. The van der Waals surface area contributed by atoms with Crippen LogP contribution in [0.3, 0.4) is 0 Å². The maximum absolute atomic E-state index is 4.56. The van der Waals surface area contributed by atoms with Crippen molar-refractivity contribution < 1.29 is 0 Å². The average Bonchev–Trinajstić information content (AvgIpc) is 3.21. The minimum Gasteiger partial charge on any atom is -0.357 e. The van der Waals surface area contributed by atoms with Crippen LogP contribution < -0.4 is 10.2 Å². The summed E-state index contributed by atoms with van der Waals surface area (Å²) in [6.45, 7) is 3.02. The first-order chi connectivity index (χ1) is 10.3. The van der Waals surface area contributed by atoms with E-state index in [1.165, 1.54) is 32.0 Å². The molecule has 2 aromatic heterocycles. The first kappa shape index (κ1) is 13.7. The van der Waals surface area contributed by atoms with Crippen LogP contribution in [0.1, 0.15) is 32.6 Å². The van der Waals surface area contributed by atoms with E-state index >= 15 is 0 Å². The Labute approximate surface area is 123 Å². The van der Waals surface area contributed by atoms with Crippen molar-refractivity contribution >= 4 is 11.9 Å². The van der Waals surface area contributed by atoms with Crippen LogP contribution in [-0.2, 0) is 0 Å². The summed E-state index contributed by atoms with van der Waals surface area (Å²) in [6, 6.07) is 0.519. The summed E-state index contributed by atoms with van der Waals surface area (Å²) in [4.78, 5) is 19.6. The summed E-state index contributed by atoms with van der Waals surface area (Å²) in [5.41, 5.74) is 0. The van der Waals surface area contributed by atoms with E-state index in [1.807, 2.05) is 0 Å². The third kappa shape index (κ3) is 2.79. The van der Waals surface area contributed by atoms with Crippen LogP contribution in [-0.4, -0.2) is 49.4 Å². The molecule has 2 heterocycles. The van der Waals surface area contributed by atoms with Crippen LogP contribution in [0.5, 0.6) is 0 Å². The van der Waals surface area contributed by atoms with Crippen molar-refractivity contribution in [3.63, 3.8) is 0 Å². The number of nitrogens with one attached hydrogen (secondary N) is 1. The quantitative estimate of drug-likeness (QED) is 0.886. The Balaban J connectivity index is 1.98. The normalized spacial score (nSPS) is 15.3. The number of anilines is 2. The van der Waals surface area contributed by atoms with E-state index in [4.69, 9.17) is 0 Å².